The van der Waals surface area contributed by atoms with E-state index in [1.165, 1.54) is 13.3 Å². The summed E-state index contributed by atoms with van der Waals surface area (Å²) in [4.78, 5) is 23.6. The summed E-state index contributed by atoms with van der Waals surface area (Å²) >= 11 is 5.78. The second-order valence-electron chi connectivity index (χ2n) is 5.79. The Balaban J connectivity index is 1.80. The number of halogens is 1. The van der Waals surface area contributed by atoms with E-state index in [4.69, 9.17) is 25.8 Å². The van der Waals surface area contributed by atoms with Gasteiger partial charge in [0.1, 0.15) is 12.4 Å². The van der Waals surface area contributed by atoms with E-state index in [0.717, 1.165) is 0 Å². The zero-order valence-electron chi connectivity index (χ0n) is 16.4. The van der Waals surface area contributed by atoms with Gasteiger partial charge in [-0.2, -0.15) is 5.10 Å². The largest absolute Gasteiger partial charge is 0.493 e. The smallest absolute Gasteiger partial charge is 0.259 e. The molecule has 0 radical (unpaired) electrons. The molecule has 30 heavy (non-hydrogen) atoms. The van der Waals surface area contributed by atoms with E-state index in [1.54, 1.807) is 48.5 Å². The standard InChI is InChI=1S/C21H22ClN3O5/c1-3-11-29-21-15(5-4-6-18(21)28-2)12-24-25-19(26)13-23-20(27)14-30-17-9-7-16(22)8-10-17/h3-10,12H,1,11,13-14H2,2H3,(H,23,27)(H,25,26)/b24-12+. The third kappa shape index (κ3) is 7.48. The number of hydrogen-bond acceptors (Lipinski definition) is 6. The van der Waals surface area contributed by atoms with E-state index in [2.05, 4.69) is 22.4 Å². The molecule has 8 nitrogen and oxygen atoms in total. The molecule has 0 fully saturated rings. The summed E-state index contributed by atoms with van der Waals surface area (Å²) in [6, 6.07) is 11.9. The molecule has 0 bridgehead atoms. The van der Waals surface area contributed by atoms with Crippen molar-refractivity contribution in [1.29, 1.82) is 0 Å². The highest BCUT2D eigenvalue weighted by Gasteiger charge is 2.09. The van der Waals surface area contributed by atoms with Crippen LogP contribution in [0.3, 0.4) is 0 Å². The van der Waals surface area contributed by atoms with Crippen molar-refractivity contribution in [2.75, 3.05) is 26.9 Å². The summed E-state index contributed by atoms with van der Waals surface area (Å²) in [5.41, 5.74) is 2.94. The Morgan fingerprint density at radius 3 is 2.60 bits per heavy atom. The van der Waals surface area contributed by atoms with Gasteiger partial charge in [0.2, 0.25) is 0 Å². The molecule has 2 amide bonds. The number of hydrazone groups is 1. The Bertz CT molecular complexity index is 900. The van der Waals surface area contributed by atoms with Crippen molar-refractivity contribution in [2.24, 2.45) is 5.10 Å². The molecule has 0 spiro atoms. The molecule has 2 aromatic rings. The minimum absolute atomic E-state index is 0.230. The number of methoxy groups -OCH3 is 1. The molecule has 2 aromatic carbocycles. The van der Waals surface area contributed by atoms with Crippen LogP contribution in [0.25, 0.3) is 0 Å². The van der Waals surface area contributed by atoms with Crippen LogP contribution >= 0.6 is 11.6 Å². The van der Waals surface area contributed by atoms with Gasteiger partial charge in [0.15, 0.2) is 18.1 Å². The van der Waals surface area contributed by atoms with Crippen LogP contribution in [-0.4, -0.2) is 44.9 Å². The van der Waals surface area contributed by atoms with Crippen LogP contribution < -0.4 is 25.0 Å². The Morgan fingerprint density at radius 2 is 1.90 bits per heavy atom. The van der Waals surface area contributed by atoms with Crippen LogP contribution in [0.1, 0.15) is 5.56 Å². The zero-order valence-corrected chi connectivity index (χ0v) is 17.1. The van der Waals surface area contributed by atoms with Crippen molar-refractivity contribution < 1.29 is 23.8 Å². The first-order chi connectivity index (χ1) is 14.5. The first kappa shape index (κ1) is 22.8. The molecule has 0 aliphatic heterocycles. The van der Waals surface area contributed by atoms with Crippen LogP contribution in [0.15, 0.2) is 60.2 Å². The quantitative estimate of drug-likeness (QED) is 0.323. The van der Waals surface area contributed by atoms with Gasteiger partial charge in [0.05, 0.1) is 19.9 Å². The lowest BCUT2D eigenvalue weighted by molar-refractivity contribution is -0.127. The summed E-state index contributed by atoms with van der Waals surface area (Å²) in [5, 5.41) is 6.89. The highest BCUT2D eigenvalue weighted by Crippen LogP contribution is 2.30. The van der Waals surface area contributed by atoms with Crippen molar-refractivity contribution >= 4 is 29.6 Å². The molecule has 9 heteroatoms. The van der Waals surface area contributed by atoms with E-state index >= 15 is 0 Å². The van der Waals surface area contributed by atoms with Gasteiger partial charge in [-0.05, 0) is 36.4 Å². The summed E-state index contributed by atoms with van der Waals surface area (Å²) < 4.78 is 16.1. The maximum absolute atomic E-state index is 11.9. The lowest BCUT2D eigenvalue weighted by atomic mass is 10.2. The number of ether oxygens (including phenoxy) is 3. The Hall–Kier alpha value is -3.52. The molecular formula is C21H22ClN3O5. The van der Waals surface area contributed by atoms with Crippen LogP contribution in [0.5, 0.6) is 17.2 Å². The van der Waals surface area contributed by atoms with Crippen molar-refractivity contribution in [3.63, 3.8) is 0 Å². The zero-order chi connectivity index (χ0) is 21.8. The van der Waals surface area contributed by atoms with Crippen molar-refractivity contribution in [2.45, 2.75) is 0 Å². The van der Waals surface area contributed by atoms with Gasteiger partial charge in [0, 0.05) is 10.6 Å². The fourth-order valence-corrected chi connectivity index (χ4v) is 2.34. The minimum atomic E-state index is -0.498. The van der Waals surface area contributed by atoms with Gasteiger partial charge < -0.3 is 19.5 Å². The molecule has 2 N–H and O–H groups in total. The van der Waals surface area contributed by atoms with Crippen molar-refractivity contribution in [3.05, 3.63) is 65.7 Å². The van der Waals surface area contributed by atoms with Crippen molar-refractivity contribution in [3.8, 4) is 17.2 Å². The average molecular weight is 432 g/mol. The highest BCUT2D eigenvalue weighted by atomic mass is 35.5. The molecule has 0 aromatic heterocycles. The molecule has 0 heterocycles. The molecule has 2 rings (SSSR count). The summed E-state index contributed by atoms with van der Waals surface area (Å²) in [6.07, 6.45) is 3.03. The first-order valence-corrected chi connectivity index (χ1v) is 9.29. The molecule has 0 unspecified atom stereocenters. The molecule has 158 valence electrons. The van der Waals surface area contributed by atoms with Gasteiger partial charge in [-0.1, -0.05) is 30.3 Å². The number of hydrogen-bond donors (Lipinski definition) is 2. The third-order valence-electron chi connectivity index (χ3n) is 3.60. The van der Waals surface area contributed by atoms with Crippen molar-refractivity contribution in [1.82, 2.24) is 10.7 Å². The third-order valence-corrected chi connectivity index (χ3v) is 3.85. The highest BCUT2D eigenvalue weighted by molar-refractivity contribution is 6.30. The summed E-state index contributed by atoms with van der Waals surface area (Å²) in [7, 11) is 1.53. The Labute approximate surface area is 179 Å². The molecular weight excluding hydrogens is 410 g/mol. The minimum Gasteiger partial charge on any atom is -0.493 e. The fourth-order valence-electron chi connectivity index (χ4n) is 2.21. The fraction of sp³-hybridized carbons (Fsp3) is 0.190. The van der Waals surface area contributed by atoms with Crippen LogP contribution in [0, 0.1) is 0 Å². The maximum atomic E-state index is 11.9. The van der Waals surface area contributed by atoms with Gasteiger partial charge in [-0.25, -0.2) is 5.43 Å². The second kappa shape index (κ2) is 12.1. The van der Waals surface area contributed by atoms with Gasteiger partial charge in [-0.3, -0.25) is 9.59 Å². The molecule has 0 saturated heterocycles. The topological polar surface area (TPSA) is 98.2 Å². The normalized spacial score (nSPS) is 10.3. The number of carbonyl (C=O) groups excluding carboxylic acids is 2. The SMILES string of the molecule is C=CCOc1c(/C=N/NC(=O)CNC(=O)COc2ccc(Cl)cc2)cccc1OC. The van der Waals surface area contributed by atoms with Crippen LogP contribution in [0.2, 0.25) is 5.02 Å². The van der Waals surface area contributed by atoms with Gasteiger partial charge >= 0.3 is 0 Å². The van der Waals surface area contributed by atoms with E-state index in [9.17, 15) is 9.59 Å². The maximum Gasteiger partial charge on any atom is 0.259 e. The number of amides is 2. The lowest BCUT2D eigenvalue weighted by Gasteiger charge is -2.11. The number of rotatable bonds is 11. The van der Waals surface area contributed by atoms with Gasteiger partial charge in [-0.15, -0.1) is 0 Å². The van der Waals surface area contributed by atoms with E-state index in [1.807, 2.05) is 0 Å². The Kier molecular flexibility index (Phi) is 9.20. The Morgan fingerprint density at radius 1 is 1.13 bits per heavy atom. The van der Waals surface area contributed by atoms with E-state index in [0.29, 0.717) is 27.8 Å². The molecule has 0 atom stereocenters. The average Bonchev–Trinajstić information content (AvgIpc) is 2.76. The predicted octanol–water partition coefficient (Wildman–Crippen LogP) is 2.56. The lowest BCUT2D eigenvalue weighted by Crippen LogP contribution is -2.37. The number of carbonyl (C=O) groups is 2. The number of para-hydroxylation sites is 1. The summed E-state index contributed by atoms with van der Waals surface area (Å²) in [5.74, 6) is 0.557. The van der Waals surface area contributed by atoms with E-state index in [-0.39, 0.29) is 19.8 Å². The molecule has 0 aliphatic carbocycles. The van der Waals surface area contributed by atoms with Crippen LogP contribution in [-0.2, 0) is 9.59 Å². The second-order valence-corrected chi connectivity index (χ2v) is 6.23. The monoisotopic (exact) mass is 431 g/mol. The molecule has 0 saturated carbocycles. The molecule has 0 aliphatic rings. The first-order valence-electron chi connectivity index (χ1n) is 8.91. The van der Waals surface area contributed by atoms with Gasteiger partial charge in [0.25, 0.3) is 11.8 Å². The van der Waals surface area contributed by atoms with E-state index < -0.39 is 11.8 Å². The number of benzene rings is 2. The number of nitrogens with one attached hydrogen (secondary N) is 2. The van der Waals surface area contributed by atoms with Crippen LogP contribution in [0.4, 0.5) is 0 Å². The summed E-state index contributed by atoms with van der Waals surface area (Å²) in [6.45, 7) is 3.42. The number of nitrogens with zero attached hydrogens (tertiary/aromatic N) is 1. The predicted molar refractivity (Wildman–Crippen MR) is 114 cm³/mol.